The smallest absolute Gasteiger partial charge is 0.370 e. The number of fused-ring (bicyclic) bond motifs is 1. The van der Waals surface area contributed by atoms with Crippen LogP contribution in [0.5, 0.6) is 0 Å². The van der Waals surface area contributed by atoms with Crippen molar-refractivity contribution in [2.24, 2.45) is 5.73 Å². The lowest BCUT2D eigenvalue weighted by Gasteiger charge is -2.35. The summed E-state index contributed by atoms with van der Waals surface area (Å²) in [4.78, 5) is 8.39. The molecule has 3 heterocycles. The number of ether oxygens (including phenoxy) is 1. The second-order valence-corrected chi connectivity index (χ2v) is 8.27. The highest BCUT2D eigenvalue weighted by Gasteiger charge is 2.33. The van der Waals surface area contributed by atoms with Crippen molar-refractivity contribution in [1.82, 2.24) is 24.6 Å². The van der Waals surface area contributed by atoms with Crippen LogP contribution in [-0.2, 0) is 16.1 Å². The van der Waals surface area contributed by atoms with Crippen molar-refractivity contribution in [3.8, 4) is 0 Å². The Morgan fingerprint density at radius 1 is 1.39 bits per heavy atom. The first-order valence-corrected chi connectivity index (χ1v) is 10.6. The first-order chi connectivity index (χ1) is 14.9. The summed E-state index contributed by atoms with van der Waals surface area (Å²) in [5.41, 5.74) is 6.93. The maximum absolute atomic E-state index is 14.1. The average Bonchev–Trinajstić information content (AvgIpc) is 3.18. The third-order valence-electron chi connectivity index (χ3n) is 5.08. The first kappa shape index (κ1) is 21.4. The van der Waals surface area contributed by atoms with Crippen molar-refractivity contribution in [2.75, 3.05) is 13.7 Å². The largest absolute Gasteiger partial charge is 0.585 e. The lowest BCUT2D eigenvalue weighted by molar-refractivity contribution is -0.0288. The molecule has 0 saturated carbocycles. The zero-order valence-electron chi connectivity index (χ0n) is 16.5. The molecule has 1 aliphatic rings. The third-order valence-corrected chi connectivity index (χ3v) is 6.00. The van der Waals surface area contributed by atoms with Crippen LogP contribution in [0.3, 0.4) is 0 Å². The molecule has 4 atom stereocenters. The van der Waals surface area contributed by atoms with Gasteiger partial charge in [0.05, 0.1) is 18.2 Å². The number of hydrogen-bond acceptors (Lipinski definition) is 6. The van der Waals surface area contributed by atoms with Gasteiger partial charge in [0.15, 0.2) is 11.4 Å². The Labute approximate surface area is 179 Å². The first-order valence-electron chi connectivity index (χ1n) is 9.47. The second kappa shape index (κ2) is 8.75. The number of benzene rings is 1. The molecule has 0 aliphatic carbocycles. The van der Waals surface area contributed by atoms with Crippen LogP contribution in [0, 0.1) is 17.0 Å². The molecule has 1 aliphatic heterocycles. The maximum Gasteiger partial charge on any atom is 0.370 e. The van der Waals surface area contributed by atoms with E-state index in [4.69, 9.17) is 15.9 Å². The molecule has 164 valence electrons. The Kier molecular flexibility index (Phi) is 6.05. The van der Waals surface area contributed by atoms with Gasteiger partial charge in [-0.25, -0.2) is 8.78 Å². The molecule has 0 bridgehead atoms. The Bertz CT molecular complexity index is 1110. The molecule has 2 aromatic heterocycles. The van der Waals surface area contributed by atoms with Crippen molar-refractivity contribution in [1.29, 1.82) is 5.41 Å². The Morgan fingerprint density at radius 3 is 2.94 bits per heavy atom. The van der Waals surface area contributed by atoms with Crippen LogP contribution in [0.25, 0.3) is 10.9 Å². The van der Waals surface area contributed by atoms with E-state index in [0.717, 1.165) is 23.6 Å². The summed E-state index contributed by atoms with van der Waals surface area (Å²) >= 11 is -1.78. The Balaban J connectivity index is 1.51. The van der Waals surface area contributed by atoms with Gasteiger partial charge in [-0.15, -0.1) is 0 Å². The van der Waals surface area contributed by atoms with E-state index in [0.29, 0.717) is 11.9 Å². The van der Waals surface area contributed by atoms with E-state index < -0.39 is 35.1 Å². The van der Waals surface area contributed by atoms with E-state index in [1.165, 1.54) is 7.05 Å². The number of nitrogens with one attached hydrogen (secondary N) is 3. The predicted molar refractivity (Wildman–Crippen MR) is 111 cm³/mol. The number of aromatic nitrogens is 3. The van der Waals surface area contributed by atoms with Gasteiger partial charge in [0.25, 0.3) is 0 Å². The van der Waals surface area contributed by atoms with Gasteiger partial charge in [0.2, 0.25) is 5.96 Å². The van der Waals surface area contributed by atoms with Crippen LogP contribution in [0.1, 0.15) is 24.1 Å². The van der Waals surface area contributed by atoms with E-state index in [1.54, 1.807) is 12.4 Å². The molecule has 1 aromatic carbocycles. The molecule has 0 spiro atoms. The van der Waals surface area contributed by atoms with Crippen molar-refractivity contribution in [3.05, 3.63) is 54.0 Å². The highest BCUT2D eigenvalue weighted by Crippen LogP contribution is 2.34. The number of nitrogens with zero attached hydrogens (tertiary/aromatic N) is 3. The molecule has 2 unspecified atom stereocenters. The summed E-state index contributed by atoms with van der Waals surface area (Å²) in [6.45, 7) is 0.252. The Hall–Kier alpha value is -2.80. The molecule has 31 heavy (non-hydrogen) atoms. The molecule has 0 radical (unpaired) electrons. The minimum atomic E-state index is -1.78. The van der Waals surface area contributed by atoms with Gasteiger partial charge < -0.3 is 24.9 Å². The van der Waals surface area contributed by atoms with E-state index in [9.17, 15) is 13.3 Å². The standard InChI is InChI=1S/C19H21F2N7O2S/c1-24-18(23)27-31(29)19-25-6-10-7-28(8-16(10)26-19)12-5-15(22)17(30-9-12)13-4-11(20)2-3-14(13)21/h2-4,6-8,12,15,17H,5,9,22H2,1H3,(H3,23,24,27)/t12-,15+,17?,31?/m1/s1. The summed E-state index contributed by atoms with van der Waals surface area (Å²) in [6.07, 6.45) is 4.89. The number of hydrogen-bond donors (Lipinski definition) is 4. The summed E-state index contributed by atoms with van der Waals surface area (Å²) in [7, 11) is 1.53. The Morgan fingerprint density at radius 2 is 2.19 bits per heavy atom. The fourth-order valence-electron chi connectivity index (χ4n) is 3.52. The molecule has 9 nitrogen and oxygen atoms in total. The molecule has 0 amide bonds. The van der Waals surface area contributed by atoms with E-state index in [-0.39, 0.29) is 29.3 Å². The van der Waals surface area contributed by atoms with Crippen molar-refractivity contribution < 1.29 is 18.1 Å². The van der Waals surface area contributed by atoms with Crippen molar-refractivity contribution >= 4 is 28.2 Å². The van der Waals surface area contributed by atoms with Crippen LogP contribution in [0.4, 0.5) is 8.78 Å². The summed E-state index contributed by atoms with van der Waals surface area (Å²) in [5.74, 6) is -1.21. The van der Waals surface area contributed by atoms with E-state index >= 15 is 0 Å². The predicted octanol–water partition coefficient (Wildman–Crippen LogP) is 1.51. The molecule has 1 fully saturated rings. The van der Waals surface area contributed by atoms with Crippen LogP contribution < -0.4 is 15.8 Å². The third kappa shape index (κ3) is 4.46. The fraction of sp³-hybridized carbons (Fsp3) is 0.316. The van der Waals surface area contributed by atoms with Crippen LogP contribution >= 0.6 is 0 Å². The van der Waals surface area contributed by atoms with Gasteiger partial charge in [-0.1, -0.05) is 0 Å². The molecule has 1 saturated heterocycles. The summed E-state index contributed by atoms with van der Waals surface area (Å²) < 4.78 is 50.0. The number of nitrogens with two attached hydrogens (primary N) is 1. The molecule has 4 rings (SSSR count). The fourth-order valence-corrected chi connectivity index (χ4v) is 4.23. The van der Waals surface area contributed by atoms with E-state index in [2.05, 4.69) is 20.0 Å². The zero-order valence-corrected chi connectivity index (χ0v) is 17.3. The van der Waals surface area contributed by atoms with Crippen LogP contribution in [-0.4, -0.2) is 44.7 Å². The van der Waals surface area contributed by atoms with Gasteiger partial charge in [0.1, 0.15) is 17.7 Å². The molecular weight excluding hydrogens is 428 g/mol. The summed E-state index contributed by atoms with van der Waals surface area (Å²) in [5, 5.41) is 10.8. The zero-order chi connectivity index (χ0) is 22.1. The maximum atomic E-state index is 14.1. The second-order valence-electron chi connectivity index (χ2n) is 7.17. The molecular formula is C19H21F2N7O2S. The van der Waals surface area contributed by atoms with Gasteiger partial charge in [-0.3, -0.25) is 5.41 Å². The topological polar surface area (TPSA) is 137 Å². The SMILES string of the molecule is CNC(=N)N[S+]([O-])c1ncc2cn([C@H]3COC(c4cc(F)ccc4F)[C@@H](N)C3)cc2n1. The highest BCUT2D eigenvalue weighted by atomic mass is 32.2. The molecule has 3 aromatic rings. The van der Waals surface area contributed by atoms with Gasteiger partial charge in [-0.2, -0.15) is 14.7 Å². The van der Waals surface area contributed by atoms with Crippen molar-refractivity contribution in [2.45, 2.75) is 29.8 Å². The van der Waals surface area contributed by atoms with Gasteiger partial charge in [-0.05, 0) is 24.6 Å². The molecule has 12 heteroatoms. The average molecular weight is 449 g/mol. The highest BCUT2D eigenvalue weighted by molar-refractivity contribution is 7.89. The molecule has 5 N–H and O–H groups in total. The normalized spacial score (nSPS) is 22.3. The lowest BCUT2D eigenvalue weighted by atomic mass is 9.94. The van der Waals surface area contributed by atoms with Crippen LogP contribution in [0.15, 0.2) is 41.9 Å². The number of halogens is 2. The quantitative estimate of drug-likeness (QED) is 0.205. The van der Waals surface area contributed by atoms with Gasteiger partial charge >= 0.3 is 5.16 Å². The minimum Gasteiger partial charge on any atom is -0.585 e. The lowest BCUT2D eigenvalue weighted by Crippen LogP contribution is -2.40. The van der Waals surface area contributed by atoms with Gasteiger partial charge in [0, 0.05) is 42.6 Å². The van der Waals surface area contributed by atoms with Crippen molar-refractivity contribution in [3.63, 3.8) is 0 Å². The summed E-state index contributed by atoms with van der Waals surface area (Å²) in [6, 6.07) is 2.57. The number of guanidine groups is 1. The van der Waals surface area contributed by atoms with Crippen LogP contribution in [0.2, 0.25) is 0 Å². The minimum absolute atomic E-state index is 0.0449. The van der Waals surface area contributed by atoms with E-state index in [1.807, 2.05) is 10.8 Å². The monoisotopic (exact) mass is 449 g/mol. The number of rotatable bonds is 4.